The first-order chi connectivity index (χ1) is 10.7. The summed E-state index contributed by atoms with van der Waals surface area (Å²) in [6, 6.07) is 0. The minimum Gasteiger partial charge on any atom is -0.396 e. The molecular formula is C19H24O3. The van der Waals surface area contributed by atoms with Crippen molar-refractivity contribution >= 4 is 11.6 Å². The molecule has 3 heteroatoms. The van der Waals surface area contributed by atoms with Crippen LogP contribution in [-0.4, -0.2) is 23.3 Å². The third-order valence-corrected chi connectivity index (χ3v) is 6.74. The second kappa shape index (κ2) is 5.16. The number of carbonyl (C=O) groups is 2. The van der Waals surface area contributed by atoms with Crippen molar-refractivity contribution in [1.82, 2.24) is 0 Å². The summed E-state index contributed by atoms with van der Waals surface area (Å²) in [4.78, 5) is 24.2. The topological polar surface area (TPSA) is 54.4 Å². The van der Waals surface area contributed by atoms with Crippen LogP contribution in [0.15, 0.2) is 22.8 Å². The Balaban J connectivity index is 1.73. The first-order valence-electron chi connectivity index (χ1n) is 8.75. The first kappa shape index (κ1) is 14.4. The molecule has 0 heterocycles. The smallest absolute Gasteiger partial charge is 0.156 e. The number of aliphatic hydroxyl groups is 1. The average Bonchev–Trinajstić information content (AvgIpc) is 2.84. The molecule has 2 unspecified atom stereocenters. The molecule has 2 fully saturated rings. The zero-order valence-electron chi connectivity index (χ0n) is 13.1. The van der Waals surface area contributed by atoms with E-state index in [-0.39, 0.29) is 17.8 Å². The van der Waals surface area contributed by atoms with E-state index in [4.69, 9.17) is 0 Å². The molecule has 3 nitrogen and oxygen atoms in total. The predicted octanol–water partition coefficient (Wildman–Crippen LogP) is 3.12. The lowest BCUT2D eigenvalue weighted by molar-refractivity contribution is -0.130. The minimum absolute atomic E-state index is 0.126. The third-order valence-electron chi connectivity index (χ3n) is 6.74. The molecule has 2 saturated carbocycles. The van der Waals surface area contributed by atoms with Crippen LogP contribution in [0.4, 0.5) is 0 Å². The highest BCUT2D eigenvalue weighted by atomic mass is 16.3. The minimum atomic E-state index is -0.241. The number of ketones is 2. The normalized spacial score (nSPS) is 37.6. The molecule has 22 heavy (non-hydrogen) atoms. The summed E-state index contributed by atoms with van der Waals surface area (Å²) in [6.07, 6.45) is 9.77. The number of allylic oxidation sites excluding steroid dienone is 4. The molecule has 4 aliphatic rings. The van der Waals surface area contributed by atoms with Crippen LogP contribution < -0.4 is 0 Å². The maximum absolute atomic E-state index is 12.5. The zero-order chi connectivity index (χ0) is 15.3. The maximum atomic E-state index is 12.5. The molecule has 0 saturated heterocycles. The molecule has 4 aliphatic carbocycles. The van der Waals surface area contributed by atoms with Crippen LogP contribution in [0.2, 0.25) is 0 Å². The lowest BCUT2D eigenvalue weighted by Crippen LogP contribution is -2.43. The van der Waals surface area contributed by atoms with Gasteiger partial charge in [-0.25, -0.2) is 0 Å². The van der Waals surface area contributed by atoms with Crippen LogP contribution in [0.5, 0.6) is 0 Å². The molecule has 0 spiro atoms. The van der Waals surface area contributed by atoms with Gasteiger partial charge >= 0.3 is 0 Å². The van der Waals surface area contributed by atoms with Crippen LogP contribution in [0, 0.1) is 17.3 Å². The fraction of sp³-hybridized carbons (Fsp3) is 0.684. The van der Waals surface area contributed by atoms with E-state index in [0.717, 1.165) is 38.5 Å². The Labute approximate surface area is 131 Å². The van der Waals surface area contributed by atoms with Crippen molar-refractivity contribution < 1.29 is 14.7 Å². The van der Waals surface area contributed by atoms with Gasteiger partial charge in [-0.2, -0.15) is 0 Å². The number of Topliss-reactive ketones (excluding diaryl/α,β-unsaturated/α-hetero) is 1. The van der Waals surface area contributed by atoms with Crippen LogP contribution in [0.3, 0.4) is 0 Å². The van der Waals surface area contributed by atoms with Crippen LogP contribution >= 0.6 is 0 Å². The number of rotatable bonds is 2. The van der Waals surface area contributed by atoms with Crippen molar-refractivity contribution in [2.24, 2.45) is 17.3 Å². The van der Waals surface area contributed by atoms with Gasteiger partial charge in [-0.05, 0) is 74.0 Å². The Morgan fingerprint density at radius 2 is 1.95 bits per heavy atom. The van der Waals surface area contributed by atoms with Gasteiger partial charge in [-0.1, -0.05) is 5.57 Å². The van der Waals surface area contributed by atoms with E-state index in [1.807, 2.05) is 6.08 Å². The monoisotopic (exact) mass is 300 g/mol. The summed E-state index contributed by atoms with van der Waals surface area (Å²) < 4.78 is 0. The Morgan fingerprint density at radius 1 is 1.09 bits per heavy atom. The summed E-state index contributed by atoms with van der Waals surface area (Å²) in [5, 5.41) is 9.48. The fourth-order valence-electron chi connectivity index (χ4n) is 5.78. The highest BCUT2D eigenvalue weighted by Gasteiger charge is 2.55. The summed E-state index contributed by atoms with van der Waals surface area (Å²) in [5.41, 5.74) is 4.04. The van der Waals surface area contributed by atoms with Gasteiger partial charge in [0.2, 0.25) is 0 Å². The molecule has 4 rings (SSSR count). The van der Waals surface area contributed by atoms with E-state index < -0.39 is 0 Å². The maximum Gasteiger partial charge on any atom is 0.156 e. The van der Waals surface area contributed by atoms with E-state index in [0.29, 0.717) is 36.9 Å². The van der Waals surface area contributed by atoms with Crippen molar-refractivity contribution in [2.45, 2.75) is 57.8 Å². The highest BCUT2D eigenvalue weighted by Crippen LogP contribution is 2.60. The number of hydrogen-bond donors (Lipinski definition) is 1. The second-order valence-corrected chi connectivity index (χ2v) is 7.48. The summed E-state index contributed by atoms with van der Waals surface area (Å²) >= 11 is 0. The summed E-state index contributed by atoms with van der Waals surface area (Å²) in [6.45, 7) is 0.126. The molecule has 0 radical (unpaired) electrons. The number of aliphatic hydroxyl groups excluding tert-OH is 1. The van der Waals surface area contributed by atoms with Gasteiger partial charge in [-0.3, -0.25) is 9.59 Å². The van der Waals surface area contributed by atoms with Gasteiger partial charge < -0.3 is 5.11 Å². The van der Waals surface area contributed by atoms with E-state index in [1.54, 1.807) is 5.57 Å². The van der Waals surface area contributed by atoms with Gasteiger partial charge in [0, 0.05) is 24.9 Å². The zero-order valence-corrected chi connectivity index (χ0v) is 13.1. The predicted molar refractivity (Wildman–Crippen MR) is 83.2 cm³/mol. The molecule has 3 atom stereocenters. The van der Waals surface area contributed by atoms with Crippen LogP contribution in [0.1, 0.15) is 57.8 Å². The largest absolute Gasteiger partial charge is 0.396 e. The molecule has 0 aromatic rings. The van der Waals surface area contributed by atoms with Gasteiger partial charge in [0.25, 0.3) is 0 Å². The van der Waals surface area contributed by atoms with Crippen LogP contribution in [-0.2, 0) is 9.59 Å². The molecule has 0 aromatic heterocycles. The summed E-state index contributed by atoms with van der Waals surface area (Å²) in [5.74, 6) is 1.63. The van der Waals surface area contributed by atoms with Crippen molar-refractivity contribution in [3.63, 3.8) is 0 Å². The van der Waals surface area contributed by atoms with Crippen molar-refractivity contribution in [2.75, 3.05) is 6.61 Å². The molecule has 0 aromatic carbocycles. The fourth-order valence-corrected chi connectivity index (χ4v) is 5.78. The van der Waals surface area contributed by atoms with Gasteiger partial charge in [-0.15, -0.1) is 0 Å². The Morgan fingerprint density at radius 3 is 2.77 bits per heavy atom. The Bertz CT molecular complexity index is 598. The molecule has 118 valence electrons. The number of fused-ring (bicyclic) bond motifs is 4. The van der Waals surface area contributed by atoms with Gasteiger partial charge in [0.1, 0.15) is 5.78 Å². The molecule has 0 bridgehead atoms. The van der Waals surface area contributed by atoms with Crippen molar-refractivity contribution in [3.05, 3.63) is 22.8 Å². The van der Waals surface area contributed by atoms with E-state index in [2.05, 4.69) is 0 Å². The molecule has 0 aliphatic heterocycles. The molecule has 0 amide bonds. The van der Waals surface area contributed by atoms with Gasteiger partial charge in [0.05, 0.1) is 0 Å². The highest BCUT2D eigenvalue weighted by molar-refractivity contribution is 5.93. The summed E-state index contributed by atoms with van der Waals surface area (Å²) in [7, 11) is 0. The third kappa shape index (κ3) is 1.91. The van der Waals surface area contributed by atoms with Gasteiger partial charge in [0.15, 0.2) is 5.78 Å². The second-order valence-electron chi connectivity index (χ2n) is 7.48. The lowest BCUT2D eigenvalue weighted by atomic mass is 9.56. The SMILES string of the molecule is O=C1C=C2CCC3C(=C2CC1)CC[C@]1(CCO)C(=O)CCC31. The van der Waals surface area contributed by atoms with Crippen LogP contribution in [0.25, 0.3) is 0 Å². The Kier molecular flexibility index (Phi) is 3.37. The average molecular weight is 300 g/mol. The molecule has 1 N–H and O–H groups in total. The standard InChI is InChI=1S/C19H24O3/c20-10-9-19-8-7-15-14-4-2-13(21)11-12(14)1-3-16(15)17(19)5-6-18(19)22/h11,16-17,20H,1-10H2/t16?,17?,19-/m1/s1. The quantitative estimate of drug-likeness (QED) is 0.852. The Hall–Kier alpha value is -1.22. The number of hydrogen-bond acceptors (Lipinski definition) is 3. The van der Waals surface area contributed by atoms with Crippen molar-refractivity contribution in [1.29, 1.82) is 0 Å². The number of carbonyl (C=O) groups excluding carboxylic acids is 2. The lowest BCUT2D eigenvalue weighted by Gasteiger charge is -2.47. The van der Waals surface area contributed by atoms with E-state index in [1.165, 1.54) is 11.1 Å². The van der Waals surface area contributed by atoms with Crippen molar-refractivity contribution in [3.8, 4) is 0 Å². The first-order valence-corrected chi connectivity index (χ1v) is 8.75. The molecular weight excluding hydrogens is 276 g/mol. The van der Waals surface area contributed by atoms with E-state index in [9.17, 15) is 14.7 Å². The van der Waals surface area contributed by atoms with E-state index >= 15 is 0 Å².